The lowest BCUT2D eigenvalue weighted by Crippen LogP contribution is -2.25. The summed E-state index contributed by atoms with van der Waals surface area (Å²) in [6, 6.07) is 11.7. The van der Waals surface area contributed by atoms with E-state index in [0.717, 1.165) is 16.8 Å². The predicted octanol–water partition coefficient (Wildman–Crippen LogP) is 2.74. The summed E-state index contributed by atoms with van der Waals surface area (Å²) in [5.74, 6) is 0. The largest absolute Gasteiger partial charge is 0.268 e. The maximum Gasteiger partial charge on any atom is 0.266 e. The average molecular weight is 242 g/mol. The van der Waals surface area contributed by atoms with Crippen LogP contribution >= 0.6 is 0 Å². The molecule has 0 aliphatic carbocycles. The normalized spacial score (nSPS) is 11.6. The van der Waals surface area contributed by atoms with Gasteiger partial charge in [-0.15, -0.1) is 0 Å². The van der Waals surface area contributed by atoms with Gasteiger partial charge in [-0.1, -0.05) is 51.1 Å². The Morgan fingerprint density at radius 1 is 1.11 bits per heavy atom. The molecular formula is C15H18N2O. The van der Waals surface area contributed by atoms with Crippen LogP contribution in [0.3, 0.4) is 0 Å². The number of benzene rings is 1. The van der Waals surface area contributed by atoms with Crippen molar-refractivity contribution in [1.82, 2.24) is 9.78 Å². The minimum atomic E-state index is -0.106. The first kappa shape index (κ1) is 12.6. The zero-order chi connectivity index (χ0) is 13.3. The van der Waals surface area contributed by atoms with Crippen molar-refractivity contribution in [2.45, 2.75) is 26.2 Å². The zero-order valence-electron chi connectivity index (χ0n) is 11.3. The van der Waals surface area contributed by atoms with Crippen molar-refractivity contribution >= 4 is 0 Å². The molecule has 18 heavy (non-hydrogen) atoms. The van der Waals surface area contributed by atoms with Gasteiger partial charge in [-0.3, -0.25) is 4.79 Å². The van der Waals surface area contributed by atoms with E-state index in [0.29, 0.717) is 0 Å². The molecule has 1 aromatic carbocycles. The third-order valence-corrected chi connectivity index (χ3v) is 2.95. The van der Waals surface area contributed by atoms with E-state index in [2.05, 4.69) is 25.9 Å². The molecule has 3 heteroatoms. The van der Waals surface area contributed by atoms with Crippen LogP contribution in [0, 0.1) is 0 Å². The summed E-state index contributed by atoms with van der Waals surface area (Å²) in [7, 11) is 1.68. The van der Waals surface area contributed by atoms with Gasteiger partial charge < -0.3 is 0 Å². The van der Waals surface area contributed by atoms with Crippen LogP contribution in [0.4, 0.5) is 0 Å². The minimum absolute atomic E-state index is 0.0698. The Labute approximate surface area is 107 Å². The minimum Gasteiger partial charge on any atom is -0.268 e. The lowest BCUT2D eigenvalue weighted by molar-refractivity contribution is 0.576. The molecule has 0 fully saturated rings. The summed E-state index contributed by atoms with van der Waals surface area (Å²) >= 11 is 0. The van der Waals surface area contributed by atoms with Crippen LogP contribution in [0.1, 0.15) is 26.3 Å². The van der Waals surface area contributed by atoms with E-state index in [-0.39, 0.29) is 11.0 Å². The van der Waals surface area contributed by atoms with Gasteiger partial charge >= 0.3 is 0 Å². The summed E-state index contributed by atoms with van der Waals surface area (Å²) in [6.07, 6.45) is 0. The lowest BCUT2D eigenvalue weighted by Gasteiger charge is -2.22. The predicted molar refractivity (Wildman–Crippen MR) is 73.6 cm³/mol. The Kier molecular flexibility index (Phi) is 3.07. The second-order valence-corrected chi connectivity index (χ2v) is 5.48. The molecule has 0 saturated heterocycles. The average Bonchev–Trinajstić information content (AvgIpc) is 2.32. The maximum absolute atomic E-state index is 11.8. The van der Waals surface area contributed by atoms with Crippen LogP contribution in [0.2, 0.25) is 0 Å². The van der Waals surface area contributed by atoms with Crippen molar-refractivity contribution in [1.29, 1.82) is 0 Å². The van der Waals surface area contributed by atoms with Crippen molar-refractivity contribution in [3.05, 3.63) is 52.3 Å². The van der Waals surface area contributed by atoms with Gasteiger partial charge in [-0.2, -0.15) is 5.10 Å². The van der Waals surface area contributed by atoms with Gasteiger partial charge in [0.1, 0.15) is 0 Å². The van der Waals surface area contributed by atoms with Crippen LogP contribution in [0.15, 0.2) is 41.2 Å². The van der Waals surface area contributed by atoms with E-state index < -0.39 is 0 Å². The van der Waals surface area contributed by atoms with Crippen molar-refractivity contribution < 1.29 is 0 Å². The topological polar surface area (TPSA) is 34.9 Å². The lowest BCUT2D eigenvalue weighted by atomic mass is 9.84. The fourth-order valence-corrected chi connectivity index (χ4v) is 1.92. The number of hydrogen-bond acceptors (Lipinski definition) is 2. The fraction of sp³-hybridized carbons (Fsp3) is 0.333. The molecule has 0 unspecified atom stereocenters. The summed E-state index contributed by atoms with van der Waals surface area (Å²) in [6.45, 7) is 6.28. The van der Waals surface area contributed by atoms with Crippen molar-refractivity contribution in [2.24, 2.45) is 7.05 Å². The Morgan fingerprint density at radius 2 is 1.72 bits per heavy atom. The Hall–Kier alpha value is -1.90. The first-order valence-electron chi connectivity index (χ1n) is 6.04. The highest BCUT2D eigenvalue weighted by Gasteiger charge is 2.21. The second kappa shape index (κ2) is 4.41. The molecule has 0 saturated carbocycles. The van der Waals surface area contributed by atoms with E-state index in [1.165, 1.54) is 4.68 Å². The summed E-state index contributed by atoms with van der Waals surface area (Å²) in [4.78, 5) is 11.8. The van der Waals surface area contributed by atoms with Crippen molar-refractivity contribution in [2.75, 3.05) is 0 Å². The molecular weight excluding hydrogens is 224 g/mol. The summed E-state index contributed by atoms with van der Waals surface area (Å²) in [5, 5.41) is 4.41. The van der Waals surface area contributed by atoms with Gasteiger partial charge in [0.25, 0.3) is 5.56 Å². The molecule has 0 amide bonds. The van der Waals surface area contributed by atoms with Gasteiger partial charge in [0.2, 0.25) is 0 Å². The molecule has 1 heterocycles. The highest BCUT2D eigenvalue weighted by molar-refractivity contribution is 5.63. The zero-order valence-corrected chi connectivity index (χ0v) is 11.3. The Bertz CT molecular complexity index is 607. The van der Waals surface area contributed by atoms with Gasteiger partial charge in [0.15, 0.2) is 0 Å². The SMILES string of the molecule is Cn1nc(-c2ccccc2)c(C(C)(C)C)cc1=O. The van der Waals surface area contributed by atoms with Gasteiger partial charge in [0.05, 0.1) is 5.69 Å². The molecule has 2 rings (SSSR count). The quantitative estimate of drug-likeness (QED) is 0.770. The highest BCUT2D eigenvalue weighted by Crippen LogP contribution is 2.29. The Morgan fingerprint density at radius 3 is 2.28 bits per heavy atom. The molecule has 2 aromatic rings. The fourth-order valence-electron chi connectivity index (χ4n) is 1.92. The van der Waals surface area contributed by atoms with E-state index >= 15 is 0 Å². The first-order chi connectivity index (χ1) is 8.39. The maximum atomic E-state index is 11.8. The number of aryl methyl sites for hydroxylation is 1. The molecule has 0 N–H and O–H groups in total. The smallest absolute Gasteiger partial charge is 0.266 e. The monoisotopic (exact) mass is 242 g/mol. The first-order valence-corrected chi connectivity index (χ1v) is 6.04. The van der Waals surface area contributed by atoms with Gasteiger partial charge in [-0.25, -0.2) is 4.68 Å². The molecule has 0 aliphatic heterocycles. The molecule has 0 spiro atoms. The third-order valence-electron chi connectivity index (χ3n) is 2.95. The second-order valence-electron chi connectivity index (χ2n) is 5.48. The summed E-state index contributed by atoms with van der Waals surface area (Å²) in [5.41, 5.74) is 2.73. The van der Waals surface area contributed by atoms with Crippen LogP contribution in [0.25, 0.3) is 11.3 Å². The molecule has 1 aromatic heterocycles. The molecule has 0 atom stereocenters. The standard InChI is InChI=1S/C15H18N2O/c1-15(2,3)12-10-13(18)17(4)16-14(12)11-8-6-5-7-9-11/h5-10H,1-4H3. The van der Waals surface area contributed by atoms with Crippen LogP contribution in [-0.2, 0) is 12.5 Å². The number of hydrogen-bond donors (Lipinski definition) is 0. The molecule has 3 nitrogen and oxygen atoms in total. The van der Waals surface area contributed by atoms with Gasteiger partial charge in [-0.05, 0) is 11.0 Å². The molecule has 0 aliphatic rings. The van der Waals surface area contributed by atoms with Crippen molar-refractivity contribution in [3.8, 4) is 11.3 Å². The third kappa shape index (κ3) is 2.35. The Balaban J connectivity index is 2.74. The van der Waals surface area contributed by atoms with E-state index in [9.17, 15) is 4.79 Å². The number of nitrogens with zero attached hydrogens (tertiary/aromatic N) is 2. The molecule has 0 radical (unpaired) electrons. The van der Waals surface area contributed by atoms with Crippen LogP contribution < -0.4 is 5.56 Å². The van der Waals surface area contributed by atoms with Gasteiger partial charge in [0, 0.05) is 18.7 Å². The van der Waals surface area contributed by atoms with E-state index in [1.807, 2.05) is 30.3 Å². The molecule has 94 valence electrons. The number of aromatic nitrogens is 2. The van der Waals surface area contributed by atoms with Crippen molar-refractivity contribution in [3.63, 3.8) is 0 Å². The van der Waals surface area contributed by atoms with E-state index in [1.54, 1.807) is 13.1 Å². The van der Waals surface area contributed by atoms with E-state index in [4.69, 9.17) is 0 Å². The molecule has 0 bridgehead atoms. The summed E-state index contributed by atoms with van der Waals surface area (Å²) < 4.78 is 1.39. The number of rotatable bonds is 1. The van der Waals surface area contributed by atoms with Crippen LogP contribution in [0.5, 0.6) is 0 Å². The van der Waals surface area contributed by atoms with Crippen LogP contribution in [-0.4, -0.2) is 9.78 Å². The highest BCUT2D eigenvalue weighted by atomic mass is 16.1.